The molecule has 0 aliphatic carbocycles. The standard InChI is InChI=1S/C18H30N4O/c1-5-6-10-20-18(23)15-8-7-14(4)22(12-15)16-9-11-19-17(21-16)13(2)3/h9,11,13-15H,5-8,10,12H2,1-4H3,(H,20,23). The van der Waals surface area contributed by atoms with Crippen molar-refractivity contribution < 1.29 is 4.79 Å². The first kappa shape index (κ1) is 17.7. The zero-order chi connectivity index (χ0) is 16.8. The van der Waals surface area contributed by atoms with Gasteiger partial charge in [0, 0.05) is 31.2 Å². The van der Waals surface area contributed by atoms with E-state index in [0.29, 0.717) is 12.0 Å². The minimum absolute atomic E-state index is 0.0560. The maximum atomic E-state index is 12.4. The molecule has 1 aromatic rings. The van der Waals surface area contributed by atoms with Gasteiger partial charge in [-0.1, -0.05) is 27.2 Å². The molecule has 0 saturated carbocycles. The van der Waals surface area contributed by atoms with Crippen LogP contribution >= 0.6 is 0 Å². The van der Waals surface area contributed by atoms with Gasteiger partial charge in [-0.25, -0.2) is 9.97 Å². The third kappa shape index (κ3) is 4.66. The summed E-state index contributed by atoms with van der Waals surface area (Å²) in [6.45, 7) is 10.1. The second-order valence-electron chi connectivity index (χ2n) is 6.85. The second-order valence-corrected chi connectivity index (χ2v) is 6.85. The number of amides is 1. The van der Waals surface area contributed by atoms with Crippen LogP contribution in [0.3, 0.4) is 0 Å². The Balaban J connectivity index is 2.06. The molecular formula is C18H30N4O. The van der Waals surface area contributed by atoms with Gasteiger partial charge < -0.3 is 10.2 Å². The van der Waals surface area contributed by atoms with Gasteiger partial charge in [0.25, 0.3) is 0 Å². The van der Waals surface area contributed by atoms with E-state index in [1.165, 1.54) is 0 Å². The quantitative estimate of drug-likeness (QED) is 0.819. The smallest absolute Gasteiger partial charge is 0.224 e. The molecule has 5 nitrogen and oxygen atoms in total. The lowest BCUT2D eigenvalue weighted by Gasteiger charge is -2.38. The molecule has 1 saturated heterocycles. The van der Waals surface area contributed by atoms with Gasteiger partial charge in [0.1, 0.15) is 11.6 Å². The van der Waals surface area contributed by atoms with E-state index in [2.05, 4.69) is 42.9 Å². The molecule has 2 unspecified atom stereocenters. The Hall–Kier alpha value is -1.65. The summed E-state index contributed by atoms with van der Waals surface area (Å²) in [4.78, 5) is 23.7. The Morgan fingerprint density at radius 3 is 2.91 bits per heavy atom. The van der Waals surface area contributed by atoms with Crippen LogP contribution in [0.1, 0.15) is 65.1 Å². The van der Waals surface area contributed by atoms with E-state index in [1.807, 2.05) is 12.3 Å². The van der Waals surface area contributed by atoms with Crippen LogP contribution in [0, 0.1) is 5.92 Å². The fraction of sp³-hybridized carbons (Fsp3) is 0.722. The largest absolute Gasteiger partial charge is 0.356 e. The molecule has 2 heterocycles. The fourth-order valence-corrected chi connectivity index (χ4v) is 2.97. The van der Waals surface area contributed by atoms with Gasteiger partial charge in [-0.05, 0) is 32.3 Å². The van der Waals surface area contributed by atoms with E-state index < -0.39 is 0 Å². The third-order valence-electron chi connectivity index (χ3n) is 4.55. The Morgan fingerprint density at radius 1 is 1.43 bits per heavy atom. The molecule has 128 valence electrons. The number of hydrogen-bond acceptors (Lipinski definition) is 4. The molecule has 1 fully saturated rings. The minimum atomic E-state index is 0.0560. The number of nitrogens with one attached hydrogen (secondary N) is 1. The Bertz CT molecular complexity index is 517. The van der Waals surface area contributed by atoms with Crippen LogP contribution in [-0.2, 0) is 4.79 Å². The van der Waals surface area contributed by atoms with Crippen LogP contribution < -0.4 is 10.2 Å². The molecule has 5 heteroatoms. The lowest BCUT2D eigenvalue weighted by molar-refractivity contribution is -0.125. The van der Waals surface area contributed by atoms with Gasteiger partial charge in [0.2, 0.25) is 5.91 Å². The molecule has 0 aromatic carbocycles. The van der Waals surface area contributed by atoms with Crippen molar-refractivity contribution in [1.82, 2.24) is 15.3 Å². The Kier molecular flexibility index (Phi) is 6.37. The topological polar surface area (TPSA) is 58.1 Å². The van der Waals surface area contributed by atoms with E-state index in [-0.39, 0.29) is 11.8 Å². The van der Waals surface area contributed by atoms with Crippen LogP contribution in [0.2, 0.25) is 0 Å². The predicted octanol–water partition coefficient (Wildman–Crippen LogP) is 3.12. The van der Waals surface area contributed by atoms with Gasteiger partial charge in [-0.3, -0.25) is 4.79 Å². The van der Waals surface area contributed by atoms with Gasteiger partial charge in [0.15, 0.2) is 0 Å². The Labute approximate surface area is 139 Å². The second kappa shape index (κ2) is 8.27. The number of hydrogen-bond donors (Lipinski definition) is 1. The van der Waals surface area contributed by atoms with Crippen molar-refractivity contribution >= 4 is 11.7 Å². The van der Waals surface area contributed by atoms with E-state index in [0.717, 1.165) is 50.4 Å². The SMILES string of the molecule is CCCCNC(=O)C1CCC(C)N(c2ccnc(C(C)C)n2)C1. The highest BCUT2D eigenvalue weighted by molar-refractivity contribution is 5.79. The van der Waals surface area contributed by atoms with Crippen LogP contribution in [-0.4, -0.2) is 35.0 Å². The van der Waals surface area contributed by atoms with E-state index in [9.17, 15) is 4.79 Å². The number of anilines is 1. The summed E-state index contributed by atoms with van der Waals surface area (Å²) in [5, 5.41) is 3.07. The summed E-state index contributed by atoms with van der Waals surface area (Å²) in [6, 6.07) is 2.37. The number of carbonyl (C=O) groups excluding carboxylic acids is 1. The molecule has 0 radical (unpaired) electrons. The molecule has 1 aliphatic rings. The van der Waals surface area contributed by atoms with Crippen LogP contribution in [0.5, 0.6) is 0 Å². The first-order valence-electron chi connectivity index (χ1n) is 8.90. The zero-order valence-electron chi connectivity index (χ0n) is 14.9. The first-order chi connectivity index (χ1) is 11.0. The van der Waals surface area contributed by atoms with Gasteiger partial charge >= 0.3 is 0 Å². The molecule has 1 amide bonds. The molecule has 2 rings (SSSR count). The number of aromatic nitrogens is 2. The fourth-order valence-electron chi connectivity index (χ4n) is 2.97. The van der Waals surface area contributed by atoms with Crippen molar-refractivity contribution in [2.45, 2.75) is 65.3 Å². The maximum Gasteiger partial charge on any atom is 0.224 e. The number of piperidine rings is 1. The highest BCUT2D eigenvalue weighted by Crippen LogP contribution is 2.27. The molecule has 2 atom stereocenters. The molecule has 1 N–H and O–H groups in total. The first-order valence-corrected chi connectivity index (χ1v) is 8.90. The molecular weight excluding hydrogens is 288 g/mol. The number of nitrogens with zero attached hydrogens (tertiary/aromatic N) is 3. The molecule has 0 spiro atoms. The lowest BCUT2D eigenvalue weighted by Crippen LogP contribution is -2.47. The van der Waals surface area contributed by atoms with Crippen LogP contribution in [0.25, 0.3) is 0 Å². The van der Waals surface area contributed by atoms with Gasteiger partial charge in [0.05, 0.1) is 5.92 Å². The third-order valence-corrected chi connectivity index (χ3v) is 4.55. The maximum absolute atomic E-state index is 12.4. The average Bonchev–Trinajstić information content (AvgIpc) is 2.55. The summed E-state index contributed by atoms with van der Waals surface area (Å²) in [5.74, 6) is 2.36. The summed E-state index contributed by atoms with van der Waals surface area (Å²) in [7, 11) is 0. The average molecular weight is 318 g/mol. The van der Waals surface area contributed by atoms with Crippen molar-refractivity contribution in [3.05, 3.63) is 18.1 Å². The molecule has 0 bridgehead atoms. The van der Waals surface area contributed by atoms with Crippen LogP contribution in [0.4, 0.5) is 5.82 Å². The molecule has 1 aromatic heterocycles. The van der Waals surface area contributed by atoms with Crippen molar-refractivity contribution in [3.63, 3.8) is 0 Å². The van der Waals surface area contributed by atoms with Gasteiger partial charge in [-0.15, -0.1) is 0 Å². The monoisotopic (exact) mass is 318 g/mol. The highest BCUT2D eigenvalue weighted by Gasteiger charge is 2.30. The Morgan fingerprint density at radius 2 is 2.22 bits per heavy atom. The lowest BCUT2D eigenvalue weighted by atomic mass is 9.92. The predicted molar refractivity (Wildman–Crippen MR) is 93.6 cm³/mol. The molecule has 1 aliphatic heterocycles. The van der Waals surface area contributed by atoms with Crippen molar-refractivity contribution in [1.29, 1.82) is 0 Å². The van der Waals surface area contributed by atoms with Crippen molar-refractivity contribution in [2.24, 2.45) is 5.92 Å². The zero-order valence-corrected chi connectivity index (χ0v) is 14.9. The number of rotatable bonds is 6. The molecule has 23 heavy (non-hydrogen) atoms. The summed E-state index contributed by atoms with van der Waals surface area (Å²) >= 11 is 0. The normalized spacial score (nSPS) is 21.5. The summed E-state index contributed by atoms with van der Waals surface area (Å²) < 4.78 is 0. The van der Waals surface area contributed by atoms with E-state index >= 15 is 0 Å². The minimum Gasteiger partial charge on any atom is -0.356 e. The summed E-state index contributed by atoms with van der Waals surface area (Å²) in [6.07, 6.45) is 5.95. The van der Waals surface area contributed by atoms with Crippen LogP contribution in [0.15, 0.2) is 12.3 Å². The van der Waals surface area contributed by atoms with E-state index in [1.54, 1.807) is 0 Å². The van der Waals surface area contributed by atoms with Crippen molar-refractivity contribution in [2.75, 3.05) is 18.0 Å². The van der Waals surface area contributed by atoms with Gasteiger partial charge in [-0.2, -0.15) is 0 Å². The number of unbranched alkanes of at least 4 members (excludes halogenated alkanes) is 1. The highest BCUT2D eigenvalue weighted by atomic mass is 16.1. The summed E-state index contributed by atoms with van der Waals surface area (Å²) in [5.41, 5.74) is 0. The van der Waals surface area contributed by atoms with E-state index in [4.69, 9.17) is 4.98 Å². The number of carbonyl (C=O) groups is 1. The van der Waals surface area contributed by atoms with Crippen molar-refractivity contribution in [3.8, 4) is 0 Å².